The number of carbonyl (C=O) groups excluding carboxylic acids is 1. The molecule has 2 nitrogen and oxygen atoms in total. The van der Waals surface area contributed by atoms with Gasteiger partial charge in [0, 0.05) is 14.5 Å². The molecule has 1 aliphatic rings. The van der Waals surface area contributed by atoms with Gasteiger partial charge in [-0.15, -0.1) is 0 Å². The average Bonchev–Trinajstić information content (AvgIpc) is 2.08. The lowest BCUT2D eigenvalue weighted by atomic mass is 9.84. The van der Waals surface area contributed by atoms with Gasteiger partial charge in [0.25, 0.3) is 0 Å². The molecule has 0 aromatic carbocycles. The highest BCUT2D eigenvalue weighted by molar-refractivity contribution is 6.77. The lowest BCUT2D eigenvalue weighted by Gasteiger charge is -2.39. The van der Waals surface area contributed by atoms with Gasteiger partial charge >= 0.3 is 5.97 Å². The summed E-state index contributed by atoms with van der Waals surface area (Å²) in [6.45, 7) is 12.2. The molecule has 82 valence electrons. The minimum atomic E-state index is -1.27. The smallest absolute Gasteiger partial charge is 0.305 e. The van der Waals surface area contributed by atoms with E-state index in [1.807, 2.05) is 0 Å². The van der Waals surface area contributed by atoms with Crippen molar-refractivity contribution in [1.82, 2.24) is 0 Å². The van der Waals surface area contributed by atoms with Crippen LogP contribution in [0.2, 0.25) is 25.2 Å². The number of cyclic esters (lactones) is 1. The van der Waals surface area contributed by atoms with Crippen LogP contribution in [0.15, 0.2) is 0 Å². The highest BCUT2D eigenvalue weighted by Crippen LogP contribution is 2.46. The zero-order chi connectivity index (χ0) is 11.0. The maximum absolute atomic E-state index is 11.4. The summed E-state index contributed by atoms with van der Waals surface area (Å²) < 4.78 is 5.15. The van der Waals surface area contributed by atoms with Crippen LogP contribution in [-0.4, -0.2) is 20.7 Å². The van der Waals surface area contributed by atoms with Gasteiger partial charge in [0.15, 0.2) is 0 Å². The van der Waals surface area contributed by atoms with Gasteiger partial charge in [-0.1, -0.05) is 33.5 Å². The van der Waals surface area contributed by atoms with Crippen molar-refractivity contribution in [2.24, 2.45) is 5.41 Å². The number of rotatable bonds is 1. The van der Waals surface area contributed by atoms with Crippen LogP contribution in [0.3, 0.4) is 0 Å². The van der Waals surface area contributed by atoms with Crippen LogP contribution in [0, 0.1) is 5.41 Å². The SMILES string of the molecule is CC1(C)CCOC(=O)CC1[Si](C)(C)C. The number of esters is 1. The molecule has 0 aliphatic carbocycles. The Labute approximate surface area is 88.0 Å². The molecule has 1 saturated heterocycles. The van der Waals surface area contributed by atoms with Crippen LogP contribution >= 0.6 is 0 Å². The van der Waals surface area contributed by atoms with Gasteiger partial charge in [-0.3, -0.25) is 4.79 Å². The van der Waals surface area contributed by atoms with Crippen molar-refractivity contribution in [2.45, 2.75) is 51.9 Å². The quantitative estimate of drug-likeness (QED) is 0.495. The summed E-state index contributed by atoms with van der Waals surface area (Å²) in [5, 5.41) is 0. The van der Waals surface area contributed by atoms with Crippen molar-refractivity contribution in [3.63, 3.8) is 0 Å². The van der Waals surface area contributed by atoms with E-state index in [0.717, 1.165) is 6.42 Å². The fraction of sp³-hybridized carbons (Fsp3) is 0.909. The molecule has 1 aliphatic heterocycles. The summed E-state index contributed by atoms with van der Waals surface area (Å²) in [7, 11) is -1.27. The second-order valence-corrected chi connectivity index (χ2v) is 11.5. The number of hydrogen-bond donors (Lipinski definition) is 0. The van der Waals surface area contributed by atoms with Crippen molar-refractivity contribution < 1.29 is 9.53 Å². The van der Waals surface area contributed by atoms with E-state index in [0.29, 0.717) is 18.6 Å². The first kappa shape index (κ1) is 11.8. The summed E-state index contributed by atoms with van der Waals surface area (Å²) in [4.78, 5) is 11.4. The highest BCUT2D eigenvalue weighted by Gasteiger charge is 2.42. The minimum Gasteiger partial charge on any atom is -0.466 e. The Morgan fingerprint density at radius 3 is 2.43 bits per heavy atom. The molecule has 0 radical (unpaired) electrons. The average molecular weight is 214 g/mol. The Kier molecular flexibility index (Phi) is 3.09. The monoisotopic (exact) mass is 214 g/mol. The lowest BCUT2D eigenvalue weighted by molar-refractivity contribution is -0.142. The molecule has 0 aromatic rings. The van der Waals surface area contributed by atoms with Crippen LogP contribution in [0.25, 0.3) is 0 Å². The van der Waals surface area contributed by atoms with E-state index in [-0.39, 0.29) is 11.4 Å². The summed E-state index contributed by atoms with van der Waals surface area (Å²) in [6, 6.07) is 0. The van der Waals surface area contributed by atoms with Crippen LogP contribution in [0.4, 0.5) is 0 Å². The third-order valence-electron chi connectivity index (χ3n) is 3.37. The molecule has 1 heterocycles. The molecule has 14 heavy (non-hydrogen) atoms. The zero-order valence-electron chi connectivity index (χ0n) is 10.0. The molecule has 1 unspecified atom stereocenters. The maximum atomic E-state index is 11.4. The van der Waals surface area contributed by atoms with E-state index in [1.54, 1.807) is 0 Å². The zero-order valence-corrected chi connectivity index (χ0v) is 11.0. The number of hydrogen-bond acceptors (Lipinski definition) is 2. The van der Waals surface area contributed by atoms with Crippen molar-refractivity contribution in [2.75, 3.05) is 6.61 Å². The van der Waals surface area contributed by atoms with Gasteiger partial charge in [-0.2, -0.15) is 0 Å². The van der Waals surface area contributed by atoms with E-state index in [9.17, 15) is 4.79 Å². The van der Waals surface area contributed by atoms with E-state index in [2.05, 4.69) is 33.5 Å². The molecule has 0 saturated carbocycles. The van der Waals surface area contributed by atoms with Crippen LogP contribution in [0.5, 0.6) is 0 Å². The molecule has 3 heteroatoms. The van der Waals surface area contributed by atoms with Gasteiger partial charge in [-0.05, 0) is 17.4 Å². The number of ether oxygens (including phenoxy) is 1. The van der Waals surface area contributed by atoms with Crippen molar-refractivity contribution in [3.8, 4) is 0 Å². The Hall–Kier alpha value is -0.313. The molecule has 0 N–H and O–H groups in total. The second kappa shape index (κ2) is 3.68. The predicted molar refractivity (Wildman–Crippen MR) is 61.1 cm³/mol. The first-order chi connectivity index (χ1) is 6.23. The van der Waals surface area contributed by atoms with Crippen LogP contribution in [-0.2, 0) is 9.53 Å². The van der Waals surface area contributed by atoms with Gasteiger partial charge in [0.2, 0.25) is 0 Å². The van der Waals surface area contributed by atoms with Crippen molar-refractivity contribution >= 4 is 14.0 Å². The van der Waals surface area contributed by atoms with Gasteiger partial charge < -0.3 is 4.74 Å². The fourth-order valence-corrected chi connectivity index (χ4v) is 5.85. The van der Waals surface area contributed by atoms with E-state index >= 15 is 0 Å². The molecule has 1 fully saturated rings. The summed E-state index contributed by atoms with van der Waals surface area (Å²) >= 11 is 0. The molecule has 0 amide bonds. The lowest BCUT2D eigenvalue weighted by Crippen LogP contribution is -2.38. The Balaban J connectivity index is 2.90. The standard InChI is InChI=1S/C11H22O2Si/c1-11(2)6-7-13-10(12)8-9(11)14(3,4)5/h9H,6-8H2,1-5H3. The normalized spacial score (nSPS) is 28.1. The van der Waals surface area contributed by atoms with Crippen LogP contribution < -0.4 is 0 Å². The maximum Gasteiger partial charge on any atom is 0.305 e. The molecule has 0 aromatic heterocycles. The number of carbonyl (C=O) groups is 1. The van der Waals surface area contributed by atoms with Gasteiger partial charge in [0.1, 0.15) is 0 Å². The molecular weight excluding hydrogens is 192 g/mol. The van der Waals surface area contributed by atoms with Crippen molar-refractivity contribution in [1.29, 1.82) is 0 Å². The topological polar surface area (TPSA) is 26.3 Å². The van der Waals surface area contributed by atoms with E-state index in [1.165, 1.54) is 0 Å². The molecule has 1 atom stereocenters. The first-order valence-corrected chi connectivity index (χ1v) is 8.97. The fourth-order valence-electron chi connectivity index (χ4n) is 2.58. The third kappa shape index (κ3) is 2.59. The molecule has 1 rings (SSSR count). The van der Waals surface area contributed by atoms with E-state index < -0.39 is 8.07 Å². The first-order valence-electron chi connectivity index (χ1n) is 5.39. The molecule has 0 spiro atoms. The van der Waals surface area contributed by atoms with Crippen LogP contribution in [0.1, 0.15) is 26.7 Å². The Morgan fingerprint density at radius 1 is 1.36 bits per heavy atom. The van der Waals surface area contributed by atoms with Gasteiger partial charge in [0.05, 0.1) is 6.61 Å². The van der Waals surface area contributed by atoms with Crippen molar-refractivity contribution in [3.05, 3.63) is 0 Å². The highest BCUT2D eigenvalue weighted by atomic mass is 28.3. The molecule has 0 bridgehead atoms. The Morgan fingerprint density at radius 2 is 1.93 bits per heavy atom. The summed E-state index contributed by atoms with van der Waals surface area (Å²) in [5.74, 6) is 0.00278. The largest absolute Gasteiger partial charge is 0.466 e. The minimum absolute atomic E-state index is 0.00278. The van der Waals surface area contributed by atoms with Gasteiger partial charge in [-0.25, -0.2) is 0 Å². The summed E-state index contributed by atoms with van der Waals surface area (Å²) in [6.07, 6.45) is 1.64. The Bertz CT molecular complexity index is 228. The predicted octanol–water partition coefficient (Wildman–Crippen LogP) is 3.06. The third-order valence-corrected chi connectivity index (χ3v) is 6.45. The molecular formula is C11H22O2Si. The van der Waals surface area contributed by atoms with E-state index in [4.69, 9.17) is 4.74 Å². The summed E-state index contributed by atoms with van der Waals surface area (Å²) in [5.41, 5.74) is 0.807. The second-order valence-electron chi connectivity index (χ2n) is 6.08.